The first kappa shape index (κ1) is 18.5. The summed E-state index contributed by atoms with van der Waals surface area (Å²) < 4.78 is 21.3. The minimum absolute atomic E-state index is 0.0324. The lowest BCUT2D eigenvalue weighted by Gasteiger charge is -2.13. The zero-order valence-electron chi connectivity index (χ0n) is 13.5. The molecule has 0 aliphatic heterocycles. The number of nitrogens with one attached hydrogen (secondary N) is 1. The molecule has 2 aromatic heterocycles. The van der Waals surface area contributed by atoms with E-state index in [4.69, 9.17) is 9.52 Å². The summed E-state index contributed by atoms with van der Waals surface area (Å²) in [6.07, 6.45) is -0.434. The van der Waals surface area contributed by atoms with E-state index in [0.29, 0.717) is 3.57 Å². The number of halogens is 2. The highest BCUT2D eigenvalue weighted by molar-refractivity contribution is 14.1. The molecule has 0 saturated heterocycles. The van der Waals surface area contributed by atoms with Gasteiger partial charge in [0.25, 0.3) is 5.56 Å². The molecule has 9 heteroatoms. The van der Waals surface area contributed by atoms with E-state index in [1.807, 2.05) is 22.6 Å². The summed E-state index contributed by atoms with van der Waals surface area (Å²) in [5, 5.41) is 21.6. The first-order valence-corrected chi connectivity index (χ1v) is 8.57. The largest absolute Gasteiger partial charge is 0.447 e. The number of hydrogen-bond donors (Lipinski definition) is 3. The summed E-state index contributed by atoms with van der Waals surface area (Å²) in [5.74, 6) is -0.554. The third kappa shape index (κ3) is 3.24. The van der Waals surface area contributed by atoms with Crippen LogP contribution >= 0.6 is 22.6 Å². The first-order chi connectivity index (χ1) is 12.3. The minimum Gasteiger partial charge on any atom is -0.447 e. The molecule has 0 aliphatic rings. The molecule has 3 aromatic rings. The van der Waals surface area contributed by atoms with Crippen LogP contribution in [0.1, 0.15) is 11.7 Å². The fraction of sp³-hybridized carbons (Fsp3) is 0.176. The van der Waals surface area contributed by atoms with Crippen LogP contribution in [0.25, 0.3) is 11.1 Å². The number of aryl methyl sites for hydroxylation is 1. The van der Waals surface area contributed by atoms with Crippen LogP contribution in [-0.2, 0) is 7.05 Å². The van der Waals surface area contributed by atoms with Gasteiger partial charge in [-0.3, -0.25) is 14.2 Å². The number of aromatic nitrogens is 1. The van der Waals surface area contributed by atoms with Crippen molar-refractivity contribution in [2.75, 3.05) is 11.9 Å². The number of fused-ring (bicyclic) bond motifs is 1. The fourth-order valence-corrected chi connectivity index (χ4v) is 2.97. The maximum atomic E-state index is 14.2. The van der Waals surface area contributed by atoms with E-state index in [1.54, 1.807) is 6.07 Å². The Morgan fingerprint density at radius 2 is 2.04 bits per heavy atom. The Hall–Kier alpha value is -2.24. The second-order valence-electron chi connectivity index (χ2n) is 5.60. The van der Waals surface area contributed by atoms with Crippen LogP contribution < -0.4 is 16.3 Å². The Morgan fingerprint density at radius 1 is 1.31 bits per heavy atom. The van der Waals surface area contributed by atoms with Crippen LogP contribution in [0.4, 0.5) is 15.8 Å². The number of nitrogens with zero attached hydrogens (tertiary/aromatic N) is 1. The third-order valence-electron chi connectivity index (χ3n) is 3.91. The molecule has 3 rings (SSSR count). The van der Waals surface area contributed by atoms with Crippen molar-refractivity contribution < 1.29 is 19.0 Å². The predicted molar refractivity (Wildman–Crippen MR) is 102 cm³/mol. The number of aliphatic hydroxyl groups is 2. The molecule has 0 aliphatic carbocycles. The maximum absolute atomic E-state index is 14.2. The van der Waals surface area contributed by atoms with Crippen molar-refractivity contribution in [1.82, 2.24) is 4.57 Å². The lowest BCUT2D eigenvalue weighted by molar-refractivity contribution is 0.0935. The SMILES string of the molecule is Cn1c(=O)cc(Nc2ccc(I)cc2F)c2c(=O)c([C@H](O)CO)coc21. The molecule has 26 heavy (non-hydrogen) atoms. The van der Waals surface area contributed by atoms with Gasteiger partial charge in [0.1, 0.15) is 23.6 Å². The van der Waals surface area contributed by atoms with Crippen molar-refractivity contribution in [3.05, 3.63) is 66.1 Å². The molecule has 1 aromatic carbocycles. The lowest BCUT2D eigenvalue weighted by atomic mass is 10.1. The van der Waals surface area contributed by atoms with E-state index < -0.39 is 29.5 Å². The molecule has 0 bridgehead atoms. The van der Waals surface area contributed by atoms with Gasteiger partial charge < -0.3 is 19.9 Å². The molecule has 0 fully saturated rings. The molecule has 2 heterocycles. The fourth-order valence-electron chi connectivity index (χ4n) is 2.51. The van der Waals surface area contributed by atoms with E-state index in [0.717, 1.165) is 16.9 Å². The number of hydrogen-bond acceptors (Lipinski definition) is 6. The number of rotatable bonds is 4. The summed E-state index contributed by atoms with van der Waals surface area (Å²) >= 11 is 1.96. The Balaban J connectivity index is 2.28. The topological polar surface area (TPSA) is 105 Å². The van der Waals surface area contributed by atoms with E-state index in [2.05, 4.69) is 5.32 Å². The number of anilines is 2. The summed E-state index contributed by atoms with van der Waals surface area (Å²) in [5.41, 5.74) is -1.17. The van der Waals surface area contributed by atoms with E-state index in [1.165, 1.54) is 19.2 Å². The molecule has 0 unspecified atom stereocenters. The molecular formula is C17H14FIN2O5. The molecule has 3 N–H and O–H groups in total. The van der Waals surface area contributed by atoms with Gasteiger partial charge in [-0.1, -0.05) is 0 Å². The van der Waals surface area contributed by atoms with Gasteiger partial charge >= 0.3 is 0 Å². The Morgan fingerprint density at radius 3 is 2.69 bits per heavy atom. The van der Waals surface area contributed by atoms with Crippen molar-refractivity contribution in [2.24, 2.45) is 7.05 Å². The first-order valence-electron chi connectivity index (χ1n) is 7.50. The van der Waals surface area contributed by atoms with Gasteiger partial charge in [0.05, 0.1) is 23.5 Å². The molecule has 1 atom stereocenters. The summed E-state index contributed by atoms with van der Waals surface area (Å²) in [6.45, 7) is -0.670. The van der Waals surface area contributed by atoms with Crippen LogP contribution in [0.3, 0.4) is 0 Å². The van der Waals surface area contributed by atoms with Gasteiger partial charge in [-0.05, 0) is 40.8 Å². The third-order valence-corrected chi connectivity index (χ3v) is 4.58. The van der Waals surface area contributed by atoms with E-state index in [9.17, 15) is 19.1 Å². The highest BCUT2D eigenvalue weighted by Gasteiger charge is 2.20. The lowest BCUT2D eigenvalue weighted by Crippen LogP contribution is -2.23. The van der Waals surface area contributed by atoms with Gasteiger partial charge in [-0.25, -0.2) is 4.39 Å². The molecule has 136 valence electrons. The van der Waals surface area contributed by atoms with Gasteiger partial charge in [-0.2, -0.15) is 0 Å². The zero-order valence-corrected chi connectivity index (χ0v) is 15.7. The van der Waals surface area contributed by atoms with Crippen molar-refractivity contribution in [1.29, 1.82) is 0 Å². The smallest absolute Gasteiger partial charge is 0.255 e. The summed E-state index contributed by atoms with van der Waals surface area (Å²) in [7, 11) is 1.42. The maximum Gasteiger partial charge on any atom is 0.255 e. The zero-order chi connectivity index (χ0) is 19.0. The van der Waals surface area contributed by atoms with Gasteiger partial charge in [0, 0.05) is 16.7 Å². The van der Waals surface area contributed by atoms with E-state index in [-0.39, 0.29) is 28.0 Å². The monoisotopic (exact) mass is 472 g/mol. The normalized spacial score (nSPS) is 12.3. The average molecular weight is 472 g/mol. The summed E-state index contributed by atoms with van der Waals surface area (Å²) in [6, 6.07) is 5.59. The quantitative estimate of drug-likeness (QED) is 0.502. The van der Waals surface area contributed by atoms with Crippen LogP contribution in [0.5, 0.6) is 0 Å². The van der Waals surface area contributed by atoms with Crippen molar-refractivity contribution in [2.45, 2.75) is 6.10 Å². The van der Waals surface area contributed by atoms with Gasteiger partial charge in [0.15, 0.2) is 0 Å². The van der Waals surface area contributed by atoms with Crippen LogP contribution in [0.2, 0.25) is 0 Å². The minimum atomic E-state index is -1.43. The van der Waals surface area contributed by atoms with Crippen LogP contribution in [0.15, 0.2) is 44.5 Å². The molecule has 0 amide bonds. The second kappa shape index (κ2) is 7.17. The van der Waals surface area contributed by atoms with Crippen molar-refractivity contribution in [3.63, 3.8) is 0 Å². The standard InChI is InChI=1S/C17H14FIN2O5/c1-21-14(24)5-12(20-11-3-2-8(19)4-10(11)18)15-16(25)9(13(23)6-22)7-26-17(15)21/h2-5,7,13,20,22-23H,6H2,1H3/t13-/m1/s1. The Kier molecular flexibility index (Phi) is 5.12. The number of pyridine rings is 1. The average Bonchev–Trinajstić information content (AvgIpc) is 2.60. The molecule has 7 nitrogen and oxygen atoms in total. The number of benzene rings is 1. The van der Waals surface area contributed by atoms with E-state index >= 15 is 0 Å². The second-order valence-corrected chi connectivity index (χ2v) is 6.85. The summed E-state index contributed by atoms with van der Waals surface area (Å²) in [4.78, 5) is 24.9. The highest BCUT2D eigenvalue weighted by Crippen LogP contribution is 2.26. The van der Waals surface area contributed by atoms with Crippen molar-refractivity contribution >= 4 is 45.1 Å². The Bertz CT molecular complexity index is 1110. The van der Waals surface area contributed by atoms with Gasteiger partial charge in [-0.15, -0.1) is 0 Å². The Labute approximate surface area is 159 Å². The van der Waals surface area contributed by atoms with Crippen LogP contribution in [0, 0.1) is 9.39 Å². The van der Waals surface area contributed by atoms with Crippen molar-refractivity contribution in [3.8, 4) is 0 Å². The molecule has 0 spiro atoms. The molecule has 0 saturated carbocycles. The molecular weight excluding hydrogens is 458 g/mol. The van der Waals surface area contributed by atoms with Crippen LogP contribution in [-0.4, -0.2) is 21.4 Å². The number of aliphatic hydroxyl groups excluding tert-OH is 2. The highest BCUT2D eigenvalue weighted by atomic mass is 127. The van der Waals surface area contributed by atoms with Gasteiger partial charge in [0.2, 0.25) is 11.1 Å². The predicted octanol–water partition coefficient (Wildman–Crippen LogP) is 2.00. The molecule has 0 radical (unpaired) electrons.